The minimum Gasteiger partial charge on any atom is -0.465 e. The summed E-state index contributed by atoms with van der Waals surface area (Å²) in [6, 6.07) is 11.1. The molecule has 0 aliphatic carbocycles. The number of halogens is 3. The molecule has 0 radical (unpaired) electrons. The highest BCUT2D eigenvalue weighted by Gasteiger charge is 2.30. The molecule has 3 aromatic rings. The molecule has 0 atom stereocenters. The molecule has 0 bridgehead atoms. The average Bonchev–Trinajstić information content (AvgIpc) is 2.67. The third-order valence-electron chi connectivity index (χ3n) is 3.83. The Hall–Kier alpha value is -3.42. The number of hydrogen-bond acceptors (Lipinski definition) is 5. The van der Waals surface area contributed by atoms with Gasteiger partial charge in [-0.3, -0.25) is 4.98 Å². The normalized spacial score (nSPS) is 11.2. The van der Waals surface area contributed by atoms with E-state index in [0.717, 1.165) is 17.8 Å². The number of ether oxygens (including phenoxy) is 2. The number of aromatic nitrogens is 2. The maximum Gasteiger partial charge on any atom is 0.416 e. The fourth-order valence-corrected chi connectivity index (χ4v) is 2.46. The Morgan fingerprint density at radius 3 is 2.39 bits per heavy atom. The van der Waals surface area contributed by atoms with Crippen LogP contribution in [0.4, 0.5) is 13.2 Å². The second-order valence-electron chi connectivity index (χ2n) is 5.86. The summed E-state index contributed by atoms with van der Waals surface area (Å²) in [5.74, 6) is -0.312. The highest BCUT2D eigenvalue weighted by atomic mass is 19.4. The first-order valence-corrected chi connectivity index (χ1v) is 8.15. The van der Waals surface area contributed by atoms with Crippen molar-refractivity contribution in [3.05, 3.63) is 71.5 Å². The second kappa shape index (κ2) is 7.67. The second-order valence-corrected chi connectivity index (χ2v) is 5.86. The molecule has 0 N–H and O–H groups in total. The van der Waals surface area contributed by atoms with Crippen LogP contribution in [0.1, 0.15) is 21.6 Å². The molecule has 0 saturated heterocycles. The Kier molecular flexibility index (Phi) is 5.30. The molecule has 0 saturated carbocycles. The minimum absolute atomic E-state index is 0.102. The van der Waals surface area contributed by atoms with Crippen molar-refractivity contribution in [1.82, 2.24) is 9.97 Å². The third kappa shape index (κ3) is 4.28. The van der Waals surface area contributed by atoms with Crippen LogP contribution < -0.4 is 4.74 Å². The zero-order chi connectivity index (χ0) is 20.3. The summed E-state index contributed by atoms with van der Waals surface area (Å²) in [6.45, 7) is 1.80. The van der Waals surface area contributed by atoms with E-state index in [-0.39, 0.29) is 17.2 Å². The average molecular weight is 388 g/mol. The lowest BCUT2D eigenvalue weighted by molar-refractivity contribution is -0.137. The summed E-state index contributed by atoms with van der Waals surface area (Å²) in [5.41, 5.74) is 1.06. The molecule has 0 fully saturated rings. The van der Waals surface area contributed by atoms with Gasteiger partial charge in [0.2, 0.25) is 5.88 Å². The van der Waals surface area contributed by atoms with Crippen LogP contribution in [0.3, 0.4) is 0 Å². The number of hydrogen-bond donors (Lipinski definition) is 0. The minimum atomic E-state index is -4.43. The predicted octanol–water partition coefficient (Wildman–Crippen LogP) is 5.05. The molecular formula is C20H15F3N2O3. The summed E-state index contributed by atoms with van der Waals surface area (Å²) < 4.78 is 48.5. The monoisotopic (exact) mass is 388 g/mol. The van der Waals surface area contributed by atoms with Crippen molar-refractivity contribution in [3.8, 4) is 22.9 Å². The van der Waals surface area contributed by atoms with Gasteiger partial charge in [-0.1, -0.05) is 6.07 Å². The molecule has 2 heterocycles. The van der Waals surface area contributed by atoms with Gasteiger partial charge in [0.25, 0.3) is 0 Å². The van der Waals surface area contributed by atoms with Crippen LogP contribution in [0.5, 0.6) is 11.6 Å². The lowest BCUT2D eigenvalue weighted by Crippen LogP contribution is -2.05. The van der Waals surface area contributed by atoms with Gasteiger partial charge in [0.15, 0.2) is 0 Å². The first-order chi connectivity index (χ1) is 13.3. The Morgan fingerprint density at radius 1 is 1.07 bits per heavy atom. The largest absolute Gasteiger partial charge is 0.465 e. The van der Waals surface area contributed by atoms with Crippen molar-refractivity contribution in [3.63, 3.8) is 0 Å². The fourth-order valence-electron chi connectivity index (χ4n) is 2.46. The Labute approximate surface area is 158 Å². The Balaban J connectivity index is 2.01. The summed E-state index contributed by atoms with van der Waals surface area (Å²) in [7, 11) is 1.25. The number of nitrogens with zero attached hydrogens (tertiary/aromatic N) is 2. The van der Waals surface area contributed by atoms with Crippen LogP contribution in [0.25, 0.3) is 11.3 Å². The summed E-state index contributed by atoms with van der Waals surface area (Å²) >= 11 is 0. The van der Waals surface area contributed by atoms with Crippen molar-refractivity contribution >= 4 is 5.97 Å². The maximum atomic E-state index is 12.7. The number of benzene rings is 1. The molecule has 1 aromatic carbocycles. The van der Waals surface area contributed by atoms with E-state index >= 15 is 0 Å². The van der Waals surface area contributed by atoms with Crippen molar-refractivity contribution in [2.75, 3.05) is 7.11 Å². The Bertz CT molecular complexity index is 1000. The van der Waals surface area contributed by atoms with Crippen LogP contribution in [0.2, 0.25) is 0 Å². The highest BCUT2D eigenvalue weighted by molar-refractivity contribution is 5.91. The van der Waals surface area contributed by atoms with Gasteiger partial charge in [0.05, 0.1) is 29.5 Å². The number of aryl methyl sites for hydroxylation is 1. The molecule has 5 nitrogen and oxygen atoms in total. The number of carbonyl (C=O) groups excluding carboxylic acids is 1. The van der Waals surface area contributed by atoms with Gasteiger partial charge >= 0.3 is 12.1 Å². The fraction of sp³-hybridized carbons (Fsp3) is 0.150. The van der Waals surface area contributed by atoms with E-state index in [1.807, 2.05) is 0 Å². The van der Waals surface area contributed by atoms with E-state index in [1.165, 1.54) is 31.5 Å². The molecule has 0 unspecified atom stereocenters. The van der Waals surface area contributed by atoms with Crippen LogP contribution >= 0.6 is 0 Å². The van der Waals surface area contributed by atoms with Gasteiger partial charge in [-0.15, -0.1) is 0 Å². The molecule has 0 spiro atoms. The molecule has 28 heavy (non-hydrogen) atoms. The SMILES string of the molecule is COC(=O)c1cnc(Oc2ccc(C(F)(F)F)cc2)c(-c2cccc(C)n2)c1. The predicted molar refractivity (Wildman–Crippen MR) is 95.1 cm³/mol. The lowest BCUT2D eigenvalue weighted by atomic mass is 10.1. The smallest absolute Gasteiger partial charge is 0.416 e. The number of alkyl halides is 3. The molecule has 144 valence electrons. The number of pyridine rings is 2. The quantitative estimate of drug-likeness (QED) is 0.586. The topological polar surface area (TPSA) is 61.3 Å². The first kappa shape index (κ1) is 19.3. The number of methoxy groups -OCH3 is 1. The van der Waals surface area contributed by atoms with Gasteiger partial charge in [0, 0.05) is 11.9 Å². The number of carbonyl (C=O) groups is 1. The van der Waals surface area contributed by atoms with Crippen LogP contribution in [-0.2, 0) is 10.9 Å². The maximum absolute atomic E-state index is 12.7. The third-order valence-corrected chi connectivity index (χ3v) is 3.83. The molecule has 8 heteroatoms. The number of rotatable bonds is 4. The van der Waals surface area contributed by atoms with Gasteiger partial charge in [0.1, 0.15) is 5.75 Å². The van der Waals surface area contributed by atoms with Crippen molar-refractivity contribution in [1.29, 1.82) is 0 Å². The van der Waals surface area contributed by atoms with Crippen molar-refractivity contribution < 1.29 is 27.4 Å². The summed E-state index contributed by atoms with van der Waals surface area (Å²) in [5, 5.41) is 0. The van der Waals surface area contributed by atoms with Crippen LogP contribution in [0.15, 0.2) is 54.7 Å². The molecule has 0 aliphatic heterocycles. The molecule has 0 amide bonds. The van der Waals surface area contributed by atoms with E-state index in [1.54, 1.807) is 25.1 Å². The van der Waals surface area contributed by atoms with Gasteiger partial charge in [-0.05, 0) is 49.4 Å². The van der Waals surface area contributed by atoms with Crippen molar-refractivity contribution in [2.45, 2.75) is 13.1 Å². The van der Waals surface area contributed by atoms with E-state index < -0.39 is 17.7 Å². The Morgan fingerprint density at radius 2 is 1.79 bits per heavy atom. The lowest BCUT2D eigenvalue weighted by Gasteiger charge is -2.12. The number of esters is 1. The molecule has 0 aliphatic rings. The van der Waals surface area contributed by atoms with E-state index in [2.05, 4.69) is 9.97 Å². The standard InChI is InChI=1S/C20H15F3N2O3/c1-12-4-3-5-17(25-12)16-10-13(19(26)27-2)11-24-18(16)28-15-8-6-14(7-9-15)20(21,22)23/h3-11H,1-2H3. The molecule has 3 rings (SSSR count). The van der Waals surface area contributed by atoms with Crippen LogP contribution in [0, 0.1) is 6.92 Å². The van der Waals surface area contributed by atoms with Gasteiger partial charge < -0.3 is 9.47 Å². The summed E-state index contributed by atoms with van der Waals surface area (Å²) in [6.07, 6.45) is -3.17. The van der Waals surface area contributed by atoms with E-state index in [9.17, 15) is 18.0 Å². The van der Waals surface area contributed by atoms with Gasteiger partial charge in [-0.25, -0.2) is 9.78 Å². The van der Waals surface area contributed by atoms with Crippen molar-refractivity contribution in [2.24, 2.45) is 0 Å². The first-order valence-electron chi connectivity index (χ1n) is 8.15. The zero-order valence-electron chi connectivity index (χ0n) is 14.9. The highest BCUT2D eigenvalue weighted by Crippen LogP contribution is 2.34. The summed E-state index contributed by atoms with van der Waals surface area (Å²) in [4.78, 5) is 20.4. The van der Waals surface area contributed by atoms with Gasteiger partial charge in [-0.2, -0.15) is 13.2 Å². The van der Waals surface area contributed by atoms with E-state index in [0.29, 0.717) is 11.3 Å². The van der Waals surface area contributed by atoms with Crippen LogP contribution in [-0.4, -0.2) is 23.0 Å². The molecule has 2 aromatic heterocycles. The van der Waals surface area contributed by atoms with E-state index in [4.69, 9.17) is 9.47 Å². The molecular weight excluding hydrogens is 373 g/mol. The zero-order valence-corrected chi connectivity index (χ0v) is 14.9.